The van der Waals surface area contributed by atoms with Crippen molar-refractivity contribution in [1.29, 1.82) is 0 Å². The first-order valence-corrected chi connectivity index (χ1v) is 31.1. The molecule has 0 fully saturated rings. The van der Waals surface area contributed by atoms with E-state index in [4.69, 9.17) is 4.74 Å². The van der Waals surface area contributed by atoms with Crippen LogP contribution >= 0.6 is 0 Å². The van der Waals surface area contributed by atoms with E-state index in [-0.39, 0.29) is 28.4 Å². The summed E-state index contributed by atoms with van der Waals surface area (Å²) in [4.78, 5) is 2.60. The van der Waals surface area contributed by atoms with Gasteiger partial charge in [0.1, 0.15) is 11.5 Å². The van der Waals surface area contributed by atoms with Gasteiger partial charge >= 0.3 is 0 Å². The van der Waals surface area contributed by atoms with E-state index in [1.165, 1.54) is 71.4 Å². The first-order valence-electron chi connectivity index (χ1n) is 31.1. The minimum Gasteiger partial charge on any atom is -0.458 e. The number of ether oxygens (including phenoxy) is 1. The van der Waals surface area contributed by atoms with Gasteiger partial charge in [0, 0.05) is 61.9 Å². The van der Waals surface area contributed by atoms with Gasteiger partial charge < -0.3 is 18.8 Å². The molecule has 0 saturated carbocycles. The van der Waals surface area contributed by atoms with Gasteiger partial charge in [0.15, 0.2) is 0 Å². The minimum absolute atomic E-state index is 0.0169. The van der Waals surface area contributed by atoms with Crippen LogP contribution in [0.3, 0.4) is 0 Å². The van der Waals surface area contributed by atoms with Crippen LogP contribution in [0.2, 0.25) is 0 Å². The van der Waals surface area contributed by atoms with Gasteiger partial charge in [-0.2, -0.15) is 0 Å². The molecule has 0 spiro atoms. The molecule has 0 amide bonds. The molecule has 0 aliphatic carbocycles. The fourth-order valence-corrected chi connectivity index (χ4v) is 14.0. The van der Waals surface area contributed by atoms with Crippen molar-refractivity contribution in [2.75, 3.05) is 4.90 Å². The quantitative estimate of drug-likeness (QED) is 0.155. The number of para-hydroxylation sites is 3. The summed E-state index contributed by atoms with van der Waals surface area (Å²) in [5.74, 6) is 1.70. The molecule has 2 aliphatic rings. The van der Waals surface area contributed by atoms with Crippen LogP contribution in [0.1, 0.15) is 105 Å². The Labute approximate surface area is 513 Å². The Kier molecular flexibility index (Phi) is 12.2. The van der Waals surface area contributed by atoms with Crippen molar-refractivity contribution in [3.8, 4) is 56.3 Å². The molecule has 0 bridgehead atoms. The summed E-state index contributed by atoms with van der Waals surface area (Å²) in [6.45, 7) is 27.7. The maximum absolute atomic E-state index is 7.77. The van der Waals surface area contributed by atoms with E-state index in [0.717, 1.165) is 84.1 Å². The van der Waals surface area contributed by atoms with Crippen molar-refractivity contribution in [3.63, 3.8) is 0 Å². The van der Waals surface area contributed by atoms with Gasteiger partial charge in [-0.1, -0.05) is 247 Å². The molecule has 426 valence electrons. The molecule has 15 rings (SSSR count). The monoisotopic (exact) mass is 1130 g/mol. The van der Waals surface area contributed by atoms with E-state index < -0.39 is 0 Å². The number of anilines is 3. The van der Waals surface area contributed by atoms with Crippen LogP contribution in [0.15, 0.2) is 231 Å². The topological polar surface area (TPSA) is 22.3 Å². The van der Waals surface area contributed by atoms with Gasteiger partial charge in [0.2, 0.25) is 0 Å². The lowest BCUT2D eigenvalue weighted by Crippen LogP contribution is -2.59. The maximum atomic E-state index is 7.77. The highest BCUT2D eigenvalue weighted by molar-refractivity contribution is 6.99. The SMILES string of the molecule is CC(C)(C)c1cc(-c2ccc3c(c2)B2c4ccc(-n5c6ccc(C(C)(C)C)cc6c6cc(C(C)(C)C)ccc65)cc4Oc4cc(-n5c6ccccc6c6ccccc65)cc(c42)N3c2c(-c3ccccc3)cccc2-c2ccccc2)cc(C(C)(C)C)c1. The zero-order chi connectivity index (χ0) is 60.1. The van der Waals surface area contributed by atoms with Crippen molar-refractivity contribution in [2.45, 2.75) is 105 Å². The molecule has 0 atom stereocenters. The molecule has 5 heteroatoms. The Morgan fingerprint density at radius 1 is 0.310 bits per heavy atom. The normalized spacial score (nSPS) is 13.3. The van der Waals surface area contributed by atoms with Gasteiger partial charge in [0.05, 0.1) is 33.4 Å². The third-order valence-electron chi connectivity index (χ3n) is 18.8. The molecule has 0 radical (unpaired) electrons. The van der Waals surface area contributed by atoms with Gasteiger partial charge in [0.25, 0.3) is 6.71 Å². The zero-order valence-corrected chi connectivity index (χ0v) is 52.3. The number of benzene rings is 11. The van der Waals surface area contributed by atoms with Crippen LogP contribution in [0.25, 0.3) is 88.4 Å². The molecule has 0 N–H and O–H groups in total. The number of hydrogen-bond acceptors (Lipinski definition) is 2. The number of hydrogen-bond donors (Lipinski definition) is 0. The molecule has 0 unspecified atom stereocenters. The summed E-state index contributed by atoms with van der Waals surface area (Å²) in [5, 5.41) is 4.95. The highest BCUT2D eigenvalue weighted by atomic mass is 16.5. The minimum atomic E-state index is -0.204. The summed E-state index contributed by atoms with van der Waals surface area (Å²) in [6, 6.07) is 87.1. The average molecular weight is 1130 g/mol. The average Bonchev–Trinajstić information content (AvgIpc) is 1.08. The summed E-state index contributed by atoms with van der Waals surface area (Å²) >= 11 is 0. The largest absolute Gasteiger partial charge is 0.458 e. The maximum Gasteiger partial charge on any atom is 0.256 e. The Bertz CT molecular complexity index is 4720. The Morgan fingerprint density at radius 3 is 1.34 bits per heavy atom. The van der Waals surface area contributed by atoms with E-state index in [1.807, 2.05) is 0 Å². The van der Waals surface area contributed by atoms with Crippen LogP contribution in [-0.2, 0) is 21.7 Å². The Hall–Kier alpha value is -9.32. The summed E-state index contributed by atoms with van der Waals surface area (Å²) < 4.78 is 12.7. The van der Waals surface area contributed by atoms with E-state index >= 15 is 0 Å². The lowest BCUT2D eigenvalue weighted by molar-refractivity contribution is 0.487. The predicted molar refractivity (Wildman–Crippen MR) is 372 cm³/mol. The van der Waals surface area contributed by atoms with Crippen molar-refractivity contribution < 1.29 is 4.74 Å². The smallest absolute Gasteiger partial charge is 0.256 e. The third-order valence-corrected chi connectivity index (χ3v) is 18.8. The van der Waals surface area contributed by atoms with E-state index in [9.17, 15) is 0 Å². The first kappa shape index (κ1) is 54.3. The molecule has 13 aromatic rings. The van der Waals surface area contributed by atoms with Gasteiger partial charge in [-0.05, 0) is 137 Å². The molecular formula is C82H74BN3O. The van der Waals surface area contributed by atoms with Crippen LogP contribution < -0.4 is 26.0 Å². The van der Waals surface area contributed by atoms with Crippen LogP contribution in [0.5, 0.6) is 11.5 Å². The summed E-state index contributed by atoms with van der Waals surface area (Å²) in [5.41, 5.74) is 25.7. The molecule has 4 nitrogen and oxygen atoms in total. The number of fused-ring (bicyclic) bond motifs is 10. The number of rotatable bonds is 6. The van der Waals surface area contributed by atoms with Crippen molar-refractivity contribution in [3.05, 3.63) is 253 Å². The number of aromatic nitrogens is 2. The van der Waals surface area contributed by atoms with Crippen molar-refractivity contribution in [1.82, 2.24) is 9.13 Å². The molecule has 0 saturated heterocycles. The lowest BCUT2D eigenvalue weighted by Gasteiger charge is -2.42. The van der Waals surface area contributed by atoms with E-state index in [2.05, 4.69) is 328 Å². The highest BCUT2D eigenvalue weighted by Gasteiger charge is 2.44. The Morgan fingerprint density at radius 2 is 0.805 bits per heavy atom. The fraction of sp³-hybridized carbons (Fsp3) is 0.195. The van der Waals surface area contributed by atoms with Crippen molar-refractivity contribution in [2.24, 2.45) is 0 Å². The molecule has 2 aliphatic heterocycles. The van der Waals surface area contributed by atoms with Gasteiger partial charge in [-0.3, -0.25) is 0 Å². The van der Waals surface area contributed by atoms with Gasteiger partial charge in [-0.25, -0.2) is 0 Å². The predicted octanol–water partition coefficient (Wildman–Crippen LogP) is 20.5. The highest BCUT2D eigenvalue weighted by Crippen LogP contribution is 2.51. The summed E-state index contributed by atoms with van der Waals surface area (Å²) in [6.07, 6.45) is 0. The first-order chi connectivity index (χ1) is 41.7. The second-order valence-electron chi connectivity index (χ2n) is 28.6. The fourth-order valence-electron chi connectivity index (χ4n) is 14.0. The third kappa shape index (κ3) is 8.94. The molecule has 4 heterocycles. The lowest BCUT2D eigenvalue weighted by atomic mass is 9.34. The molecular weight excluding hydrogens is 1050 g/mol. The van der Waals surface area contributed by atoms with Crippen LogP contribution in [-0.4, -0.2) is 15.8 Å². The van der Waals surface area contributed by atoms with Crippen molar-refractivity contribution >= 4 is 83.8 Å². The van der Waals surface area contributed by atoms with Gasteiger partial charge in [-0.15, -0.1) is 0 Å². The standard InChI is InChI=1S/C82H74BN3O/c1-79(2,3)55-35-40-71-65(46-55)66-47-56(80(4,5)6)36-41-72(66)84(71)59-37-38-67-75(49-59)87-76-50-60(85-69-32-21-19-28-63(69)64-29-20-22-33-70(64)85)48-74-77(76)83(67)68-44-53(54-42-57(81(7,8)9)45-58(43-54)82(10,11)12)34-39-73(68)86(74)78-61(51-24-15-13-16-25-51)30-23-31-62(78)52-26-17-14-18-27-52/h13-50H,1-12H3. The second kappa shape index (κ2) is 19.6. The van der Waals surface area contributed by atoms with E-state index in [0.29, 0.717) is 0 Å². The Balaban J connectivity index is 1.05. The van der Waals surface area contributed by atoms with Crippen LogP contribution in [0.4, 0.5) is 17.1 Å². The summed E-state index contributed by atoms with van der Waals surface area (Å²) in [7, 11) is 0. The second-order valence-corrected chi connectivity index (χ2v) is 28.6. The zero-order valence-electron chi connectivity index (χ0n) is 52.3. The van der Waals surface area contributed by atoms with E-state index in [1.54, 1.807) is 0 Å². The number of nitrogens with zero attached hydrogens (tertiary/aromatic N) is 3. The molecule has 87 heavy (non-hydrogen) atoms. The molecule has 2 aromatic heterocycles. The van der Waals surface area contributed by atoms with Crippen LogP contribution in [0, 0.1) is 0 Å². The molecule has 11 aromatic carbocycles.